The molecule has 1 N–H and O–H groups in total. The molecule has 1 fully saturated rings. The molecule has 0 amide bonds. The van der Waals surface area contributed by atoms with Crippen LogP contribution in [0.1, 0.15) is 18.4 Å². The maximum absolute atomic E-state index is 13.0. The van der Waals surface area contributed by atoms with Crippen LogP contribution in [0.2, 0.25) is 0 Å². The number of methoxy groups -OCH3 is 1. The molecule has 1 aromatic rings. The Morgan fingerprint density at radius 3 is 2.52 bits per heavy atom. The Labute approximate surface area is 167 Å². The second-order valence-electron chi connectivity index (χ2n) is 6.22. The van der Waals surface area contributed by atoms with E-state index in [9.17, 15) is 4.39 Å². The third-order valence-corrected chi connectivity index (χ3v) is 4.23. The molecule has 5 nitrogen and oxygen atoms in total. The van der Waals surface area contributed by atoms with Gasteiger partial charge in [-0.25, -0.2) is 4.39 Å². The van der Waals surface area contributed by atoms with Crippen LogP contribution in [0.4, 0.5) is 4.39 Å². The number of ether oxygens (including phenoxy) is 1. The molecule has 0 spiro atoms. The van der Waals surface area contributed by atoms with Crippen LogP contribution in [0.15, 0.2) is 29.3 Å². The minimum Gasteiger partial charge on any atom is -0.383 e. The Bertz CT molecular complexity index is 522. The molecule has 0 aromatic heterocycles. The molecular formula is C18H30FIN4O. The molecule has 0 atom stereocenters. The smallest absolute Gasteiger partial charge is 0.193 e. The van der Waals surface area contributed by atoms with Gasteiger partial charge >= 0.3 is 0 Å². The first-order valence-electron chi connectivity index (χ1n) is 8.53. The lowest BCUT2D eigenvalue weighted by atomic mass is 10.2. The highest BCUT2D eigenvalue weighted by Gasteiger charge is 2.28. The van der Waals surface area contributed by atoms with Crippen molar-refractivity contribution >= 4 is 29.9 Å². The summed E-state index contributed by atoms with van der Waals surface area (Å²) in [4.78, 5) is 8.86. The Kier molecular flexibility index (Phi) is 10.3. The van der Waals surface area contributed by atoms with Crippen molar-refractivity contribution in [2.75, 3.05) is 47.4 Å². The van der Waals surface area contributed by atoms with E-state index in [0.29, 0.717) is 6.54 Å². The lowest BCUT2D eigenvalue weighted by Gasteiger charge is -2.25. The van der Waals surface area contributed by atoms with E-state index in [-0.39, 0.29) is 29.8 Å². The molecule has 142 valence electrons. The monoisotopic (exact) mass is 464 g/mol. The van der Waals surface area contributed by atoms with Gasteiger partial charge in [0.2, 0.25) is 0 Å². The van der Waals surface area contributed by atoms with Gasteiger partial charge in [0, 0.05) is 53.4 Å². The zero-order valence-corrected chi connectivity index (χ0v) is 17.7. The average molecular weight is 464 g/mol. The van der Waals surface area contributed by atoms with Crippen LogP contribution in [0.25, 0.3) is 0 Å². The van der Waals surface area contributed by atoms with E-state index < -0.39 is 0 Å². The molecule has 7 heteroatoms. The van der Waals surface area contributed by atoms with Crippen LogP contribution in [0, 0.1) is 5.82 Å². The summed E-state index contributed by atoms with van der Waals surface area (Å²) in [6.07, 6.45) is 2.59. The van der Waals surface area contributed by atoms with Crippen molar-refractivity contribution < 1.29 is 9.13 Å². The van der Waals surface area contributed by atoms with Gasteiger partial charge in [0.25, 0.3) is 0 Å². The number of rotatable bonds is 9. The van der Waals surface area contributed by atoms with Crippen molar-refractivity contribution in [1.29, 1.82) is 0 Å². The quantitative estimate of drug-likeness (QED) is 0.347. The van der Waals surface area contributed by atoms with Gasteiger partial charge in [-0.2, -0.15) is 0 Å². The van der Waals surface area contributed by atoms with E-state index in [1.54, 1.807) is 26.3 Å². The Morgan fingerprint density at radius 2 is 1.96 bits per heavy atom. The summed E-state index contributed by atoms with van der Waals surface area (Å²) in [5, 5.41) is 3.41. The highest BCUT2D eigenvalue weighted by molar-refractivity contribution is 14.0. The summed E-state index contributed by atoms with van der Waals surface area (Å²) >= 11 is 0. The third-order valence-electron chi connectivity index (χ3n) is 4.23. The molecule has 0 saturated heterocycles. The molecule has 0 radical (unpaired) electrons. The fraction of sp³-hybridized carbons (Fsp3) is 0.611. The molecule has 1 aliphatic carbocycles. The second kappa shape index (κ2) is 11.6. The maximum Gasteiger partial charge on any atom is 0.193 e. The zero-order chi connectivity index (χ0) is 17.4. The van der Waals surface area contributed by atoms with Crippen molar-refractivity contribution in [3.63, 3.8) is 0 Å². The summed E-state index contributed by atoms with van der Waals surface area (Å²) in [7, 11) is 5.52. The van der Waals surface area contributed by atoms with Gasteiger partial charge in [-0.15, -0.1) is 24.0 Å². The van der Waals surface area contributed by atoms with Crippen molar-refractivity contribution in [2.45, 2.75) is 25.4 Å². The van der Waals surface area contributed by atoms with Gasteiger partial charge in [-0.1, -0.05) is 12.1 Å². The van der Waals surface area contributed by atoms with Crippen molar-refractivity contribution in [1.82, 2.24) is 15.1 Å². The number of nitrogens with one attached hydrogen (secondary N) is 1. The minimum atomic E-state index is -0.208. The SMILES string of the molecule is CN=C(NCCN(CCOC)C1CC1)N(C)Cc1ccc(F)cc1.I. The topological polar surface area (TPSA) is 40.1 Å². The first-order chi connectivity index (χ1) is 11.6. The number of halogens is 2. The molecular weight excluding hydrogens is 434 g/mol. The molecule has 0 bridgehead atoms. The van der Waals surface area contributed by atoms with Crippen LogP contribution in [0.5, 0.6) is 0 Å². The molecule has 0 unspecified atom stereocenters. The van der Waals surface area contributed by atoms with E-state index in [0.717, 1.165) is 43.8 Å². The summed E-state index contributed by atoms with van der Waals surface area (Å²) in [5.74, 6) is 0.641. The van der Waals surface area contributed by atoms with Gasteiger partial charge in [-0.3, -0.25) is 9.89 Å². The first-order valence-corrected chi connectivity index (χ1v) is 8.53. The highest BCUT2D eigenvalue weighted by atomic mass is 127. The summed E-state index contributed by atoms with van der Waals surface area (Å²) in [6, 6.07) is 7.31. The van der Waals surface area contributed by atoms with E-state index in [4.69, 9.17) is 4.74 Å². The lowest BCUT2D eigenvalue weighted by Crippen LogP contribution is -2.43. The molecule has 25 heavy (non-hydrogen) atoms. The highest BCUT2D eigenvalue weighted by Crippen LogP contribution is 2.25. The van der Waals surface area contributed by atoms with Crippen LogP contribution >= 0.6 is 24.0 Å². The molecule has 0 aliphatic heterocycles. The van der Waals surface area contributed by atoms with Crippen molar-refractivity contribution in [3.05, 3.63) is 35.6 Å². The van der Waals surface area contributed by atoms with E-state index in [1.807, 2.05) is 11.9 Å². The Hall–Kier alpha value is -0.930. The summed E-state index contributed by atoms with van der Waals surface area (Å²) in [5.41, 5.74) is 1.06. The van der Waals surface area contributed by atoms with Gasteiger partial charge in [-0.05, 0) is 30.5 Å². The number of benzene rings is 1. The van der Waals surface area contributed by atoms with Crippen molar-refractivity contribution in [2.24, 2.45) is 4.99 Å². The van der Waals surface area contributed by atoms with Gasteiger partial charge in [0.05, 0.1) is 6.61 Å². The van der Waals surface area contributed by atoms with E-state index in [1.165, 1.54) is 25.0 Å². The largest absolute Gasteiger partial charge is 0.383 e. The maximum atomic E-state index is 13.0. The molecule has 2 rings (SSSR count). The fourth-order valence-corrected chi connectivity index (χ4v) is 2.76. The number of hydrogen-bond acceptors (Lipinski definition) is 3. The molecule has 1 aliphatic rings. The van der Waals surface area contributed by atoms with Crippen LogP contribution in [-0.4, -0.2) is 69.2 Å². The van der Waals surface area contributed by atoms with Crippen molar-refractivity contribution in [3.8, 4) is 0 Å². The van der Waals surface area contributed by atoms with Crippen LogP contribution in [0.3, 0.4) is 0 Å². The second-order valence-corrected chi connectivity index (χ2v) is 6.22. The minimum absolute atomic E-state index is 0. The Morgan fingerprint density at radius 1 is 1.28 bits per heavy atom. The van der Waals surface area contributed by atoms with Crippen LogP contribution < -0.4 is 5.32 Å². The van der Waals surface area contributed by atoms with Gasteiger partial charge < -0.3 is 15.0 Å². The molecule has 1 aromatic carbocycles. The number of hydrogen-bond donors (Lipinski definition) is 1. The van der Waals surface area contributed by atoms with Gasteiger partial charge in [0.1, 0.15) is 5.82 Å². The Balaban J connectivity index is 0.00000312. The predicted octanol–water partition coefficient (Wildman–Crippen LogP) is 2.56. The van der Waals surface area contributed by atoms with E-state index >= 15 is 0 Å². The predicted molar refractivity (Wildman–Crippen MR) is 111 cm³/mol. The lowest BCUT2D eigenvalue weighted by molar-refractivity contribution is 0.144. The first kappa shape index (κ1) is 22.1. The number of nitrogens with zero attached hydrogens (tertiary/aromatic N) is 3. The fourth-order valence-electron chi connectivity index (χ4n) is 2.76. The number of aliphatic imine (C=N–C) groups is 1. The standard InChI is InChI=1S/C18H29FN4O.HI/c1-20-18(22(2)14-15-4-6-16(19)7-5-15)21-10-11-23(12-13-24-3)17-8-9-17;/h4-7,17H,8-14H2,1-3H3,(H,20,21);1H. The summed E-state index contributed by atoms with van der Waals surface area (Å²) in [6.45, 7) is 4.27. The average Bonchev–Trinajstić information content (AvgIpc) is 3.41. The zero-order valence-electron chi connectivity index (χ0n) is 15.4. The normalized spacial score (nSPS) is 14.4. The number of guanidine groups is 1. The third kappa shape index (κ3) is 7.87. The molecule has 1 saturated carbocycles. The van der Waals surface area contributed by atoms with Crippen LogP contribution in [-0.2, 0) is 11.3 Å². The summed E-state index contributed by atoms with van der Waals surface area (Å²) < 4.78 is 18.2. The van der Waals surface area contributed by atoms with E-state index in [2.05, 4.69) is 15.2 Å². The van der Waals surface area contributed by atoms with Gasteiger partial charge in [0.15, 0.2) is 5.96 Å². The molecule has 0 heterocycles.